The number of nitrogen functional groups attached to an aromatic ring is 1. The van der Waals surface area contributed by atoms with Gasteiger partial charge in [0.05, 0.1) is 18.3 Å². The van der Waals surface area contributed by atoms with Gasteiger partial charge in [-0.05, 0) is 18.6 Å². The summed E-state index contributed by atoms with van der Waals surface area (Å²) >= 11 is 0. The summed E-state index contributed by atoms with van der Waals surface area (Å²) in [5, 5.41) is 0. The van der Waals surface area contributed by atoms with Gasteiger partial charge < -0.3 is 15.1 Å². The molecule has 6 heteroatoms. The molecule has 1 fully saturated rings. The highest BCUT2D eigenvalue weighted by molar-refractivity contribution is 5.94. The first-order valence-corrected chi connectivity index (χ1v) is 6.08. The van der Waals surface area contributed by atoms with Crippen molar-refractivity contribution in [2.75, 3.05) is 25.1 Å². The van der Waals surface area contributed by atoms with Crippen LogP contribution in [0.1, 0.15) is 23.7 Å². The molecule has 18 heavy (non-hydrogen) atoms. The summed E-state index contributed by atoms with van der Waals surface area (Å²) in [4.78, 5) is 18.1. The monoisotopic (exact) mass is 250 g/mol. The van der Waals surface area contributed by atoms with Crippen LogP contribution in [0.15, 0.2) is 18.3 Å². The van der Waals surface area contributed by atoms with Crippen LogP contribution in [0.2, 0.25) is 0 Å². The highest BCUT2D eigenvalue weighted by atomic mass is 16.5. The van der Waals surface area contributed by atoms with Gasteiger partial charge in [0, 0.05) is 19.3 Å². The third kappa shape index (κ3) is 2.77. The van der Waals surface area contributed by atoms with Crippen LogP contribution in [0.25, 0.3) is 0 Å². The minimum Gasteiger partial charge on any atom is -0.375 e. The number of rotatable bonds is 3. The largest absolute Gasteiger partial charge is 0.375 e. The number of hydrogen-bond acceptors (Lipinski definition) is 5. The first kappa shape index (κ1) is 12.8. The lowest BCUT2D eigenvalue weighted by atomic mass is 10.2. The fourth-order valence-corrected chi connectivity index (χ4v) is 1.94. The van der Waals surface area contributed by atoms with Gasteiger partial charge in [0.1, 0.15) is 5.82 Å². The van der Waals surface area contributed by atoms with Crippen molar-refractivity contribution in [1.82, 2.24) is 9.88 Å². The van der Waals surface area contributed by atoms with Crippen molar-refractivity contribution in [2.45, 2.75) is 19.4 Å². The normalized spacial score (nSPS) is 19.7. The lowest BCUT2D eigenvalue weighted by Crippen LogP contribution is -2.45. The highest BCUT2D eigenvalue weighted by Crippen LogP contribution is 2.13. The predicted octanol–water partition coefficient (Wildman–Crippen LogP) is 0.618. The molecule has 2 heterocycles. The van der Waals surface area contributed by atoms with E-state index in [0.29, 0.717) is 31.1 Å². The molecule has 1 amide bonds. The molecule has 0 radical (unpaired) electrons. The maximum atomic E-state index is 12.2. The number of anilines is 1. The number of hydrazine groups is 1. The summed E-state index contributed by atoms with van der Waals surface area (Å²) in [7, 11) is 0. The number of ether oxygens (including phenoxy) is 1. The fourth-order valence-electron chi connectivity index (χ4n) is 1.94. The van der Waals surface area contributed by atoms with Crippen LogP contribution in [0.5, 0.6) is 0 Å². The Morgan fingerprint density at radius 2 is 2.50 bits per heavy atom. The molecule has 1 aromatic heterocycles. The summed E-state index contributed by atoms with van der Waals surface area (Å²) in [6.07, 6.45) is 2.59. The van der Waals surface area contributed by atoms with Crippen molar-refractivity contribution in [1.29, 1.82) is 0 Å². The van der Waals surface area contributed by atoms with Crippen LogP contribution in [0, 0.1) is 0 Å². The number of aromatic nitrogens is 1. The Labute approximate surface area is 106 Å². The van der Waals surface area contributed by atoms with Crippen LogP contribution >= 0.6 is 0 Å². The molecule has 0 saturated carbocycles. The van der Waals surface area contributed by atoms with Crippen LogP contribution in [-0.2, 0) is 4.74 Å². The summed E-state index contributed by atoms with van der Waals surface area (Å²) in [5.41, 5.74) is 3.01. The van der Waals surface area contributed by atoms with E-state index in [2.05, 4.69) is 17.3 Å². The molecule has 1 atom stereocenters. The Morgan fingerprint density at radius 3 is 3.11 bits per heavy atom. The second kappa shape index (κ2) is 5.79. The summed E-state index contributed by atoms with van der Waals surface area (Å²) < 4.78 is 5.54. The van der Waals surface area contributed by atoms with Gasteiger partial charge in [-0.3, -0.25) is 4.79 Å². The lowest BCUT2D eigenvalue weighted by molar-refractivity contribution is -0.0226. The average Bonchev–Trinajstić information content (AvgIpc) is 2.46. The number of amides is 1. The first-order chi connectivity index (χ1) is 8.74. The molecule has 1 saturated heterocycles. The van der Waals surface area contributed by atoms with Crippen molar-refractivity contribution < 1.29 is 9.53 Å². The number of nitrogens with one attached hydrogen (secondary N) is 1. The molecule has 98 valence electrons. The molecule has 0 aromatic carbocycles. The van der Waals surface area contributed by atoms with Crippen LogP contribution in [0.3, 0.4) is 0 Å². The van der Waals surface area contributed by atoms with Crippen LogP contribution in [0.4, 0.5) is 5.82 Å². The zero-order chi connectivity index (χ0) is 13.0. The molecule has 3 N–H and O–H groups in total. The maximum absolute atomic E-state index is 12.2. The van der Waals surface area contributed by atoms with E-state index >= 15 is 0 Å². The van der Waals surface area contributed by atoms with Gasteiger partial charge in [-0.2, -0.15) is 0 Å². The van der Waals surface area contributed by atoms with Crippen molar-refractivity contribution >= 4 is 11.7 Å². The summed E-state index contributed by atoms with van der Waals surface area (Å²) in [5.74, 6) is 5.77. The van der Waals surface area contributed by atoms with E-state index in [-0.39, 0.29) is 12.0 Å². The second-order valence-corrected chi connectivity index (χ2v) is 4.23. The van der Waals surface area contributed by atoms with Crippen LogP contribution in [-0.4, -0.2) is 41.6 Å². The van der Waals surface area contributed by atoms with Gasteiger partial charge in [0.15, 0.2) is 0 Å². The minimum atomic E-state index is -0.00665. The quantitative estimate of drug-likeness (QED) is 0.607. The number of carbonyl (C=O) groups is 1. The van der Waals surface area contributed by atoms with E-state index in [1.54, 1.807) is 12.1 Å². The fraction of sp³-hybridized carbons (Fsp3) is 0.500. The van der Waals surface area contributed by atoms with Gasteiger partial charge in [-0.1, -0.05) is 6.92 Å². The molecule has 0 bridgehead atoms. The number of nitrogens with two attached hydrogens (primary N) is 1. The predicted molar refractivity (Wildman–Crippen MR) is 68.0 cm³/mol. The molecule has 6 nitrogen and oxygen atoms in total. The summed E-state index contributed by atoms with van der Waals surface area (Å²) in [6, 6.07) is 3.41. The van der Waals surface area contributed by atoms with E-state index < -0.39 is 0 Å². The lowest BCUT2D eigenvalue weighted by Gasteiger charge is -2.32. The van der Waals surface area contributed by atoms with Gasteiger partial charge in [-0.25, -0.2) is 10.8 Å². The average molecular weight is 250 g/mol. The van der Waals surface area contributed by atoms with Gasteiger partial charge in [0.25, 0.3) is 5.91 Å². The molecular formula is C12H18N4O2. The van der Waals surface area contributed by atoms with E-state index in [0.717, 1.165) is 6.42 Å². The third-order valence-corrected chi connectivity index (χ3v) is 3.04. The number of hydrogen-bond donors (Lipinski definition) is 2. The standard InChI is InChI=1S/C12H18N4O2/c1-2-10-8-16(5-6-18-10)12(17)9-3-4-11(15-13)14-7-9/h3-4,7,10H,2,5-6,8,13H2,1H3,(H,14,15). The Bertz CT molecular complexity index is 407. The van der Waals surface area contributed by atoms with E-state index in [1.807, 2.05) is 4.90 Å². The number of morpholine rings is 1. The van der Waals surface area contributed by atoms with Gasteiger partial charge in [0.2, 0.25) is 0 Å². The molecule has 1 aliphatic rings. The second-order valence-electron chi connectivity index (χ2n) is 4.23. The molecular weight excluding hydrogens is 232 g/mol. The minimum absolute atomic E-state index is 0.00665. The zero-order valence-corrected chi connectivity index (χ0v) is 10.4. The molecule has 1 unspecified atom stereocenters. The van der Waals surface area contributed by atoms with Gasteiger partial charge in [-0.15, -0.1) is 0 Å². The number of carbonyl (C=O) groups excluding carboxylic acids is 1. The van der Waals surface area contributed by atoms with Crippen molar-refractivity contribution in [3.05, 3.63) is 23.9 Å². The van der Waals surface area contributed by atoms with Crippen molar-refractivity contribution in [2.24, 2.45) is 5.84 Å². The number of nitrogens with zero attached hydrogens (tertiary/aromatic N) is 2. The highest BCUT2D eigenvalue weighted by Gasteiger charge is 2.23. The third-order valence-electron chi connectivity index (χ3n) is 3.04. The topological polar surface area (TPSA) is 80.5 Å². The molecule has 1 aliphatic heterocycles. The SMILES string of the molecule is CCC1CN(C(=O)c2ccc(NN)nc2)CCO1. The molecule has 0 aliphatic carbocycles. The Hall–Kier alpha value is -1.66. The molecule has 2 rings (SSSR count). The Morgan fingerprint density at radius 1 is 1.67 bits per heavy atom. The Balaban J connectivity index is 2.05. The van der Waals surface area contributed by atoms with E-state index in [9.17, 15) is 4.79 Å². The van der Waals surface area contributed by atoms with Crippen LogP contribution < -0.4 is 11.3 Å². The zero-order valence-electron chi connectivity index (χ0n) is 10.4. The Kier molecular flexibility index (Phi) is 4.11. The number of pyridine rings is 1. The molecule has 0 spiro atoms. The maximum Gasteiger partial charge on any atom is 0.255 e. The summed E-state index contributed by atoms with van der Waals surface area (Å²) in [6.45, 7) is 3.93. The smallest absolute Gasteiger partial charge is 0.255 e. The van der Waals surface area contributed by atoms with Crippen molar-refractivity contribution in [3.8, 4) is 0 Å². The van der Waals surface area contributed by atoms with E-state index in [4.69, 9.17) is 10.6 Å². The van der Waals surface area contributed by atoms with Crippen molar-refractivity contribution in [3.63, 3.8) is 0 Å². The molecule has 1 aromatic rings. The van der Waals surface area contributed by atoms with Gasteiger partial charge >= 0.3 is 0 Å². The van der Waals surface area contributed by atoms with E-state index in [1.165, 1.54) is 6.20 Å². The first-order valence-electron chi connectivity index (χ1n) is 6.08.